The number of quaternary nitrogens is 1. The minimum atomic E-state index is 0.0203. The predicted octanol–water partition coefficient (Wildman–Crippen LogP) is 2.80. The zero-order chi connectivity index (χ0) is 20.8. The minimum absolute atomic E-state index is 0.0203. The molecule has 1 aliphatic heterocycles. The van der Waals surface area contributed by atoms with Gasteiger partial charge >= 0.3 is 0 Å². The summed E-state index contributed by atoms with van der Waals surface area (Å²) >= 11 is 3.48. The van der Waals surface area contributed by atoms with Gasteiger partial charge in [-0.05, 0) is 30.0 Å². The molecule has 0 aliphatic carbocycles. The van der Waals surface area contributed by atoms with Gasteiger partial charge in [0.15, 0.2) is 5.16 Å². The Morgan fingerprint density at radius 3 is 2.80 bits per heavy atom. The Kier molecular flexibility index (Phi) is 5.16. The number of thioether (sulfide) groups is 1. The molecule has 8 heteroatoms. The average Bonchev–Trinajstić information content (AvgIpc) is 3.30. The molecular formula is C22H26N5OS2+. The van der Waals surface area contributed by atoms with E-state index >= 15 is 0 Å². The van der Waals surface area contributed by atoms with Crippen LogP contribution in [0.3, 0.4) is 0 Å². The highest BCUT2D eigenvalue weighted by Gasteiger charge is 2.28. The molecule has 1 aromatic carbocycles. The Bertz CT molecular complexity index is 1270. The Labute approximate surface area is 183 Å². The Morgan fingerprint density at radius 2 is 2.03 bits per heavy atom. The van der Waals surface area contributed by atoms with Gasteiger partial charge in [0.1, 0.15) is 11.4 Å². The first kappa shape index (κ1) is 19.8. The molecule has 0 bridgehead atoms. The lowest BCUT2D eigenvalue weighted by molar-refractivity contribution is -0.895. The zero-order valence-corrected chi connectivity index (χ0v) is 19.1. The molecule has 1 unspecified atom stereocenters. The van der Waals surface area contributed by atoms with Gasteiger partial charge in [0.25, 0.3) is 5.56 Å². The maximum absolute atomic E-state index is 13.7. The molecule has 1 atom stereocenters. The van der Waals surface area contributed by atoms with Crippen LogP contribution in [0.25, 0.3) is 21.7 Å². The van der Waals surface area contributed by atoms with Gasteiger partial charge in [-0.1, -0.05) is 43.8 Å². The largest absolute Gasteiger partial charge is 0.333 e. The molecule has 30 heavy (non-hydrogen) atoms. The van der Waals surface area contributed by atoms with Crippen molar-refractivity contribution >= 4 is 39.1 Å². The van der Waals surface area contributed by atoms with Crippen molar-refractivity contribution in [3.05, 3.63) is 51.1 Å². The summed E-state index contributed by atoms with van der Waals surface area (Å²) < 4.78 is 3.85. The number of likely N-dealkylation sites (N-methyl/N-ethyl adjacent to an activating group) is 1. The van der Waals surface area contributed by atoms with Crippen LogP contribution in [0, 0.1) is 5.92 Å². The van der Waals surface area contributed by atoms with E-state index in [2.05, 4.69) is 35.5 Å². The molecule has 0 radical (unpaired) electrons. The van der Waals surface area contributed by atoms with Crippen molar-refractivity contribution in [2.24, 2.45) is 5.92 Å². The van der Waals surface area contributed by atoms with Gasteiger partial charge in [0, 0.05) is 12.2 Å². The van der Waals surface area contributed by atoms with Gasteiger partial charge in [-0.3, -0.25) is 4.79 Å². The number of nitrogens with zero attached hydrogens (tertiary/aromatic N) is 4. The number of hydrogen-bond donors (Lipinski definition) is 1. The van der Waals surface area contributed by atoms with Crippen LogP contribution >= 0.6 is 23.1 Å². The van der Waals surface area contributed by atoms with Crippen molar-refractivity contribution in [3.63, 3.8) is 0 Å². The summed E-state index contributed by atoms with van der Waals surface area (Å²) in [6.07, 6.45) is 2.06. The first-order valence-electron chi connectivity index (χ1n) is 10.5. The Balaban J connectivity index is 1.80. The third-order valence-corrected chi connectivity index (χ3v) is 7.89. The fourth-order valence-electron chi connectivity index (χ4n) is 4.06. The SMILES string of the molecule is CC(C)CCSc1nnc2n(-c3ccccc3)c(=O)c3c4c(sc3n12)C[NH+](C)CC4. The molecule has 4 heterocycles. The Hall–Kier alpha value is -2.16. The van der Waals surface area contributed by atoms with Crippen molar-refractivity contribution in [3.8, 4) is 5.69 Å². The highest BCUT2D eigenvalue weighted by atomic mass is 32.2. The summed E-state index contributed by atoms with van der Waals surface area (Å²) in [5.74, 6) is 2.24. The highest BCUT2D eigenvalue weighted by Crippen LogP contribution is 2.33. The minimum Gasteiger partial charge on any atom is -0.333 e. The lowest BCUT2D eigenvalue weighted by Crippen LogP contribution is -3.08. The van der Waals surface area contributed by atoms with Crippen LogP contribution in [-0.2, 0) is 13.0 Å². The number of nitrogens with one attached hydrogen (secondary N) is 1. The summed E-state index contributed by atoms with van der Waals surface area (Å²) in [6.45, 7) is 6.50. The van der Waals surface area contributed by atoms with E-state index in [0.29, 0.717) is 11.7 Å². The van der Waals surface area contributed by atoms with Gasteiger partial charge in [0.05, 0.1) is 29.5 Å². The van der Waals surface area contributed by atoms with Gasteiger partial charge in [0.2, 0.25) is 5.78 Å². The molecule has 156 valence electrons. The van der Waals surface area contributed by atoms with Crippen LogP contribution in [0.1, 0.15) is 30.7 Å². The van der Waals surface area contributed by atoms with E-state index in [1.54, 1.807) is 27.7 Å². The van der Waals surface area contributed by atoms with E-state index in [0.717, 1.165) is 52.7 Å². The van der Waals surface area contributed by atoms with Crippen LogP contribution in [-0.4, -0.2) is 38.5 Å². The summed E-state index contributed by atoms with van der Waals surface area (Å²) in [7, 11) is 2.22. The molecule has 0 saturated heterocycles. The molecule has 0 saturated carbocycles. The summed E-state index contributed by atoms with van der Waals surface area (Å²) in [6, 6.07) is 9.80. The van der Waals surface area contributed by atoms with E-state index in [1.165, 1.54) is 15.3 Å². The second-order valence-electron chi connectivity index (χ2n) is 8.44. The van der Waals surface area contributed by atoms with Crippen molar-refractivity contribution in [2.45, 2.75) is 38.4 Å². The molecule has 1 aliphatic rings. The quantitative estimate of drug-likeness (QED) is 0.485. The van der Waals surface area contributed by atoms with Crippen molar-refractivity contribution < 1.29 is 4.90 Å². The predicted molar refractivity (Wildman–Crippen MR) is 123 cm³/mol. The molecule has 0 amide bonds. The fourth-order valence-corrected chi connectivity index (χ4v) is 6.74. The van der Waals surface area contributed by atoms with Gasteiger partial charge in [-0.25, -0.2) is 8.97 Å². The number of aromatic nitrogens is 4. The summed E-state index contributed by atoms with van der Waals surface area (Å²) in [5.41, 5.74) is 2.08. The van der Waals surface area contributed by atoms with E-state index in [9.17, 15) is 4.79 Å². The van der Waals surface area contributed by atoms with Crippen LogP contribution in [0.2, 0.25) is 0 Å². The number of fused-ring (bicyclic) bond motifs is 5. The van der Waals surface area contributed by atoms with Gasteiger partial charge in [-0.15, -0.1) is 21.5 Å². The molecule has 0 spiro atoms. The Morgan fingerprint density at radius 1 is 1.23 bits per heavy atom. The third kappa shape index (κ3) is 3.27. The van der Waals surface area contributed by atoms with Crippen LogP contribution in [0.4, 0.5) is 0 Å². The topological polar surface area (TPSA) is 56.6 Å². The van der Waals surface area contributed by atoms with Crippen LogP contribution < -0.4 is 10.5 Å². The van der Waals surface area contributed by atoms with Gasteiger partial charge < -0.3 is 4.90 Å². The smallest absolute Gasteiger partial charge is 0.268 e. The monoisotopic (exact) mass is 440 g/mol. The van der Waals surface area contributed by atoms with E-state index in [4.69, 9.17) is 0 Å². The normalized spacial score (nSPS) is 16.6. The number of para-hydroxylation sites is 1. The number of rotatable bonds is 5. The van der Waals surface area contributed by atoms with E-state index in [1.807, 2.05) is 30.3 Å². The van der Waals surface area contributed by atoms with Crippen molar-refractivity contribution in [1.82, 2.24) is 19.2 Å². The molecule has 6 nitrogen and oxygen atoms in total. The fraction of sp³-hybridized carbons (Fsp3) is 0.409. The average molecular weight is 441 g/mol. The number of benzene rings is 1. The zero-order valence-electron chi connectivity index (χ0n) is 17.5. The lowest BCUT2D eigenvalue weighted by Gasteiger charge is -2.19. The highest BCUT2D eigenvalue weighted by molar-refractivity contribution is 7.99. The molecule has 1 N–H and O–H groups in total. The van der Waals surface area contributed by atoms with E-state index in [-0.39, 0.29) is 5.56 Å². The maximum Gasteiger partial charge on any atom is 0.268 e. The summed E-state index contributed by atoms with van der Waals surface area (Å²) in [4.78, 5) is 17.6. The maximum atomic E-state index is 13.7. The van der Waals surface area contributed by atoms with Crippen LogP contribution in [0.5, 0.6) is 0 Å². The molecule has 0 fully saturated rings. The molecular weight excluding hydrogens is 414 g/mol. The lowest BCUT2D eigenvalue weighted by atomic mass is 10.1. The van der Waals surface area contributed by atoms with Crippen molar-refractivity contribution in [1.29, 1.82) is 0 Å². The first-order chi connectivity index (χ1) is 14.5. The molecule has 4 aromatic rings. The standard InChI is InChI=1S/C22H25N5OS2/c1-14(2)10-12-29-22-24-23-21-26(15-7-5-4-6-8-15)19(28)18-16-9-11-25(3)13-17(16)30-20(18)27(21)22/h4-8,14H,9-13H2,1-3H3/p+1. The second kappa shape index (κ2) is 7.83. The third-order valence-electron chi connectivity index (χ3n) is 5.71. The van der Waals surface area contributed by atoms with Crippen molar-refractivity contribution in [2.75, 3.05) is 19.3 Å². The van der Waals surface area contributed by atoms with Gasteiger partial charge in [-0.2, -0.15) is 0 Å². The number of thiophene rings is 1. The number of hydrogen-bond acceptors (Lipinski definition) is 5. The van der Waals surface area contributed by atoms with Crippen LogP contribution in [0.15, 0.2) is 40.3 Å². The molecule has 5 rings (SSSR count). The molecule has 3 aromatic heterocycles. The van der Waals surface area contributed by atoms with E-state index < -0.39 is 0 Å². The second-order valence-corrected chi connectivity index (χ2v) is 10.6. The summed E-state index contributed by atoms with van der Waals surface area (Å²) in [5, 5.41) is 10.7. The first-order valence-corrected chi connectivity index (χ1v) is 12.3.